The minimum atomic E-state index is -0.476. The second-order valence-corrected chi connectivity index (χ2v) is 2.42. The van der Waals surface area contributed by atoms with Gasteiger partial charge >= 0.3 is 5.97 Å². The molecule has 0 aromatic rings. The van der Waals surface area contributed by atoms with Gasteiger partial charge in [-0.3, -0.25) is 4.79 Å². The monoisotopic (exact) mass is 172 g/mol. The van der Waals surface area contributed by atoms with Crippen LogP contribution >= 0.6 is 0 Å². The minimum absolute atomic E-state index is 0.0600. The van der Waals surface area contributed by atoms with Gasteiger partial charge in [-0.2, -0.15) is 0 Å². The van der Waals surface area contributed by atoms with Crippen LogP contribution in [0.3, 0.4) is 0 Å². The highest BCUT2D eigenvalue weighted by Crippen LogP contribution is 1.95. The van der Waals surface area contributed by atoms with Crippen LogP contribution in [-0.4, -0.2) is 25.2 Å². The number of hydrogen-bond donors (Lipinski definition) is 0. The van der Waals surface area contributed by atoms with Gasteiger partial charge in [0.1, 0.15) is 12.7 Å². The highest BCUT2D eigenvalue weighted by Gasteiger charge is 2.07. The van der Waals surface area contributed by atoms with Crippen LogP contribution in [0.1, 0.15) is 13.8 Å². The van der Waals surface area contributed by atoms with E-state index in [4.69, 9.17) is 4.74 Å². The molecule has 0 heterocycles. The highest BCUT2D eigenvalue weighted by molar-refractivity contribution is 5.86. The van der Waals surface area contributed by atoms with Crippen molar-refractivity contribution >= 4 is 12.4 Å². The van der Waals surface area contributed by atoms with Crippen molar-refractivity contribution in [3.05, 3.63) is 12.2 Å². The van der Waals surface area contributed by atoms with E-state index in [0.717, 1.165) is 0 Å². The summed E-state index contributed by atoms with van der Waals surface area (Å²) in [5.41, 5.74) is 0.327. The van der Waals surface area contributed by atoms with Crippen molar-refractivity contribution in [2.24, 2.45) is 0 Å². The van der Waals surface area contributed by atoms with Crippen LogP contribution < -0.4 is 0 Å². The van der Waals surface area contributed by atoms with Gasteiger partial charge in [0.15, 0.2) is 0 Å². The normalized spacial score (nSPS) is 11.5. The fraction of sp³-hybridized carbons (Fsp3) is 0.500. The van der Waals surface area contributed by atoms with Gasteiger partial charge in [0.2, 0.25) is 0 Å². The average molecular weight is 172 g/mol. The van der Waals surface area contributed by atoms with Gasteiger partial charge < -0.3 is 9.47 Å². The molecule has 0 aromatic heterocycles. The molecule has 0 N–H and O–H groups in total. The van der Waals surface area contributed by atoms with E-state index in [-0.39, 0.29) is 6.61 Å². The van der Waals surface area contributed by atoms with Gasteiger partial charge in [-0.05, 0) is 13.8 Å². The van der Waals surface area contributed by atoms with E-state index < -0.39 is 12.1 Å². The summed E-state index contributed by atoms with van der Waals surface area (Å²) < 4.78 is 9.18. The van der Waals surface area contributed by atoms with Crippen molar-refractivity contribution in [1.82, 2.24) is 0 Å². The molecule has 0 radical (unpaired) electrons. The molecule has 12 heavy (non-hydrogen) atoms. The first kappa shape index (κ1) is 10.7. The molecule has 0 bridgehead atoms. The lowest BCUT2D eigenvalue weighted by atomic mass is 10.3. The van der Waals surface area contributed by atoms with Gasteiger partial charge in [0, 0.05) is 5.57 Å². The number of carbonyl (C=O) groups excluding carboxylic acids is 2. The first-order chi connectivity index (χ1) is 5.57. The highest BCUT2D eigenvalue weighted by atomic mass is 16.6. The van der Waals surface area contributed by atoms with E-state index in [1.165, 1.54) is 0 Å². The zero-order valence-corrected chi connectivity index (χ0v) is 7.20. The Hall–Kier alpha value is -1.32. The zero-order chi connectivity index (χ0) is 9.56. The minimum Gasteiger partial charge on any atom is -0.461 e. The van der Waals surface area contributed by atoms with Gasteiger partial charge in [-0.25, -0.2) is 4.79 Å². The molecule has 1 unspecified atom stereocenters. The van der Waals surface area contributed by atoms with Gasteiger partial charge in [0.25, 0.3) is 6.47 Å². The maximum absolute atomic E-state index is 10.8. The van der Waals surface area contributed by atoms with Crippen LogP contribution in [0.15, 0.2) is 12.2 Å². The number of ether oxygens (including phenoxy) is 2. The van der Waals surface area contributed by atoms with Gasteiger partial charge in [-0.15, -0.1) is 0 Å². The van der Waals surface area contributed by atoms with Gasteiger partial charge in [-0.1, -0.05) is 6.58 Å². The SMILES string of the molecule is C=C(C)C(=O)OCC(C)OC=O. The van der Waals surface area contributed by atoms with Crippen LogP contribution in [0.5, 0.6) is 0 Å². The molecule has 0 spiro atoms. The molecule has 4 nitrogen and oxygen atoms in total. The summed E-state index contributed by atoms with van der Waals surface area (Å²) in [5.74, 6) is -0.476. The van der Waals surface area contributed by atoms with Crippen LogP contribution in [0.2, 0.25) is 0 Å². The topological polar surface area (TPSA) is 52.6 Å². The summed E-state index contributed by atoms with van der Waals surface area (Å²) in [5, 5.41) is 0. The summed E-state index contributed by atoms with van der Waals surface area (Å²) in [6, 6.07) is 0. The van der Waals surface area contributed by atoms with Crippen LogP contribution in [0.4, 0.5) is 0 Å². The Morgan fingerprint density at radius 2 is 2.25 bits per heavy atom. The molecule has 1 atom stereocenters. The van der Waals surface area contributed by atoms with E-state index >= 15 is 0 Å². The van der Waals surface area contributed by atoms with E-state index in [9.17, 15) is 9.59 Å². The lowest BCUT2D eigenvalue weighted by Crippen LogP contribution is -2.18. The first-order valence-electron chi connectivity index (χ1n) is 3.49. The fourth-order valence-electron chi connectivity index (χ4n) is 0.450. The molecular formula is C8H12O4. The number of esters is 1. The fourth-order valence-corrected chi connectivity index (χ4v) is 0.450. The first-order valence-corrected chi connectivity index (χ1v) is 3.49. The summed E-state index contributed by atoms with van der Waals surface area (Å²) in [4.78, 5) is 20.6. The average Bonchev–Trinajstić information content (AvgIpc) is 2.00. The molecule has 0 saturated carbocycles. The summed E-state index contributed by atoms with van der Waals surface area (Å²) in [7, 11) is 0. The zero-order valence-electron chi connectivity index (χ0n) is 7.20. The molecule has 0 aliphatic heterocycles. The molecule has 0 aliphatic rings. The molecule has 68 valence electrons. The van der Waals surface area contributed by atoms with E-state index in [1.807, 2.05) is 0 Å². The molecular weight excluding hydrogens is 160 g/mol. The second-order valence-electron chi connectivity index (χ2n) is 2.42. The van der Waals surface area contributed by atoms with Crippen LogP contribution in [0.25, 0.3) is 0 Å². The van der Waals surface area contributed by atoms with E-state index in [0.29, 0.717) is 12.0 Å². The summed E-state index contributed by atoms with van der Waals surface area (Å²) in [6.07, 6.45) is -0.411. The van der Waals surface area contributed by atoms with Crippen LogP contribution in [-0.2, 0) is 19.1 Å². The quantitative estimate of drug-likeness (QED) is 0.347. The Morgan fingerprint density at radius 1 is 1.67 bits per heavy atom. The number of hydrogen-bond acceptors (Lipinski definition) is 4. The third-order valence-corrected chi connectivity index (χ3v) is 1.09. The molecule has 0 saturated heterocycles. The molecule has 0 aliphatic carbocycles. The third kappa shape index (κ3) is 4.49. The smallest absolute Gasteiger partial charge is 0.333 e. The van der Waals surface area contributed by atoms with Crippen molar-refractivity contribution in [1.29, 1.82) is 0 Å². The standard InChI is InChI=1S/C8H12O4/c1-6(2)8(10)11-4-7(3)12-5-9/h5,7H,1,4H2,2-3H3. The Balaban J connectivity index is 3.60. The molecule has 0 aromatic carbocycles. The molecule has 0 amide bonds. The molecule has 0 rings (SSSR count). The lowest BCUT2D eigenvalue weighted by molar-refractivity contribution is -0.147. The van der Waals surface area contributed by atoms with Gasteiger partial charge in [0.05, 0.1) is 0 Å². The Kier molecular flexibility index (Phi) is 4.76. The van der Waals surface area contributed by atoms with Crippen molar-refractivity contribution < 1.29 is 19.1 Å². The predicted octanol–water partition coefficient (Wildman–Crippen LogP) is 0.667. The van der Waals surface area contributed by atoms with E-state index in [1.54, 1.807) is 13.8 Å². The number of rotatable bonds is 5. The largest absolute Gasteiger partial charge is 0.461 e. The Morgan fingerprint density at radius 3 is 2.67 bits per heavy atom. The molecule has 0 fully saturated rings. The second kappa shape index (κ2) is 5.35. The Labute approximate surface area is 71.2 Å². The maximum Gasteiger partial charge on any atom is 0.333 e. The lowest BCUT2D eigenvalue weighted by Gasteiger charge is -2.09. The van der Waals surface area contributed by atoms with Crippen molar-refractivity contribution in [2.45, 2.75) is 20.0 Å². The maximum atomic E-state index is 10.8. The van der Waals surface area contributed by atoms with E-state index in [2.05, 4.69) is 11.3 Å². The summed E-state index contributed by atoms with van der Waals surface area (Å²) in [6.45, 7) is 6.95. The van der Waals surface area contributed by atoms with Crippen molar-refractivity contribution in [3.8, 4) is 0 Å². The third-order valence-electron chi connectivity index (χ3n) is 1.09. The van der Waals surface area contributed by atoms with Crippen molar-refractivity contribution in [3.63, 3.8) is 0 Å². The predicted molar refractivity (Wildman–Crippen MR) is 42.4 cm³/mol. The summed E-state index contributed by atoms with van der Waals surface area (Å²) >= 11 is 0. The number of carbonyl (C=O) groups is 2. The van der Waals surface area contributed by atoms with Crippen molar-refractivity contribution in [2.75, 3.05) is 6.61 Å². The van der Waals surface area contributed by atoms with Crippen LogP contribution in [0, 0.1) is 0 Å². The molecule has 4 heteroatoms. The Bertz CT molecular complexity index is 185.